The van der Waals surface area contributed by atoms with Crippen LogP contribution < -0.4 is 10.9 Å². The Labute approximate surface area is 137 Å². The molecule has 0 unspecified atom stereocenters. The third-order valence-corrected chi connectivity index (χ3v) is 3.81. The number of rotatable bonds is 3. The van der Waals surface area contributed by atoms with Crippen molar-refractivity contribution in [3.8, 4) is 11.1 Å². The van der Waals surface area contributed by atoms with E-state index in [0.717, 1.165) is 12.1 Å². The molecule has 24 heavy (non-hydrogen) atoms. The normalized spacial score (nSPS) is 11.0. The van der Waals surface area contributed by atoms with Crippen LogP contribution in [-0.2, 0) is 7.05 Å². The smallest absolute Gasteiger partial charge is 0.259 e. The molecule has 1 aromatic carbocycles. The van der Waals surface area contributed by atoms with Gasteiger partial charge < -0.3 is 5.32 Å². The van der Waals surface area contributed by atoms with Gasteiger partial charge in [-0.3, -0.25) is 9.36 Å². The van der Waals surface area contributed by atoms with Gasteiger partial charge in [0.1, 0.15) is 17.3 Å². The van der Waals surface area contributed by atoms with Crippen LogP contribution >= 0.6 is 0 Å². The summed E-state index contributed by atoms with van der Waals surface area (Å²) in [5, 5.41) is 3.65. The number of aromatic nitrogens is 3. The molecule has 0 aliphatic heterocycles. The van der Waals surface area contributed by atoms with E-state index >= 15 is 0 Å². The van der Waals surface area contributed by atoms with Gasteiger partial charge in [0.05, 0.1) is 11.3 Å². The molecular formula is C17H16F2N4O. The Bertz CT molecular complexity index is 998. The second kappa shape index (κ2) is 5.99. The lowest BCUT2D eigenvalue weighted by atomic mass is 10.0. The van der Waals surface area contributed by atoms with Gasteiger partial charge in [-0.1, -0.05) is 0 Å². The highest BCUT2D eigenvalue weighted by Gasteiger charge is 2.16. The Kier molecular flexibility index (Phi) is 4.01. The number of hydrogen-bond acceptors (Lipinski definition) is 4. The van der Waals surface area contributed by atoms with Crippen LogP contribution in [0.4, 0.5) is 14.7 Å². The van der Waals surface area contributed by atoms with Crippen LogP contribution in [-0.4, -0.2) is 21.1 Å². The van der Waals surface area contributed by atoms with Gasteiger partial charge in [-0.15, -0.1) is 0 Å². The van der Waals surface area contributed by atoms with E-state index in [0.29, 0.717) is 29.2 Å². The number of benzene rings is 1. The van der Waals surface area contributed by atoms with E-state index in [1.807, 2.05) is 6.92 Å². The SMILES string of the molecule is CCNc1nc(C)c2cc(-c3ccc(F)cc3F)c(=O)n(C)c2n1. The molecule has 2 aromatic heterocycles. The van der Waals surface area contributed by atoms with Crippen molar-refractivity contribution in [2.24, 2.45) is 7.05 Å². The minimum Gasteiger partial charge on any atom is -0.354 e. The zero-order valence-electron chi connectivity index (χ0n) is 13.5. The quantitative estimate of drug-likeness (QED) is 0.802. The predicted molar refractivity (Wildman–Crippen MR) is 89.0 cm³/mol. The van der Waals surface area contributed by atoms with E-state index in [2.05, 4.69) is 15.3 Å². The molecule has 0 atom stereocenters. The van der Waals surface area contributed by atoms with E-state index in [4.69, 9.17) is 0 Å². The van der Waals surface area contributed by atoms with E-state index in [-0.39, 0.29) is 11.1 Å². The van der Waals surface area contributed by atoms with Gasteiger partial charge in [0.15, 0.2) is 0 Å². The van der Waals surface area contributed by atoms with Gasteiger partial charge in [0, 0.05) is 30.6 Å². The summed E-state index contributed by atoms with van der Waals surface area (Å²) in [5.74, 6) is -1.05. The monoisotopic (exact) mass is 330 g/mol. The number of aryl methyl sites for hydroxylation is 2. The molecule has 0 aliphatic carbocycles. The van der Waals surface area contributed by atoms with Crippen LogP contribution in [0.3, 0.4) is 0 Å². The molecule has 1 N–H and O–H groups in total. The number of anilines is 1. The fourth-order valence-electron chi connectivity index (χ4n) is 2.61. The van der Waals surface area contributed by atoms with Crippen molar-refractivity contribution in [2.45, 2.75) is 13.8 Å². The first-order valence-corrected chi connectivity index (χ1v) is 7.50. The van der Waals surface area contributed by atoms with Crippen molar-refractivity contribution in [3.63, 3.8) is 0 Å². The standard InChI is InChI=1S/C17H16F2N4O/c1-4-20-17-21-9(2)12-8-13(16(24)23(3)15(12)22-17)11-6-5-10(18)7-14(11)19/h5-8H,4H2,1-3H3,(H,20,21,22). The first-order valence-electron chi connectivity index (χ1n) is 7.50. The second-order valence-corrected chi connectivity index (χ2v) is 5.45. The molecule has 0 spiro atoms. The van der Waals surface area contributed by atoms with Gasteiger partial charge in [-0.25, -0.2) is 13.8 Å². The topological polar surface area (TPSA) is 59.8 Å². The van der Waals surface area contributed by atoms with E-state index in [9.17, 15) is 13.6 Å². The maximum atomic E-state index is 14.1. The highest BCUT2D eigenvalue weighted by atomic mass is 19.1. The van der Waals surface area contributed by atoms with Gasteiger partial charge in [-0.2, -0.15) is 4.98 Å². The van der Waals surface area contributed by atoms with Gasteiger partial charge in [0.2, 0.25) is 5.95 Å². The number of hydrogen-bond donors (Lipinski definition) is 1. The summed E-state index contributed by atoms with van der Waals surface area (Å²) in [7, 11) is 1.57. The Hall–Kier alpha value is -2.83. The van der Waals surface area contributed by atoms with E-state index < -0.39 is 17.2 Å². The van der Waals surface area contributed by atoms with Crippen molar-refractivity contribution in [3.05, 3.63) is 51.9 Å². The lowest BCUT2D eigenvalue weighted by molar-refractivity contribution is 0.585. The van der Waals surface area contributed by atoms with Crippen LogP contribution in [0.1, 0.15) is 12.6 Å². The van der Waals surface area contributed by atoms with Crippen LogP contribution in [0.2, 0.25) is 0 Å². The molecule has 0 amide bonds. The van der Waals surface area contributed by atoms with Crippen molar-refractivity contribution >= 4 is 17.0 Å². The third kappa shape index (κ3) is 2.62. The molecule has 3 aromatic rings. The molecule has 0 fully saturated rings. The maximum absolute atomic E-state index is 14.1. The molecular weight excluding hydrogens is 314 g/mol. The van der Waals surface area contributed by atoms with Crippen molar-refractivity contribution in [1.82, 2.24) is 14.5 Å². The highest BCUT2D eigenvalue weighted by Crippen LogP contribution is 2.25. The summed E-state index contributed by atoms with van der Waals surface area (Å²) >= 11 is 0. The Morgan fingerprint density at radius 2 is 1.92 bits per heavy atom. The molecule has 0 radical (unpaired) electrons. The fraction of sp³-hybridized carbons (Fsp3) is 0.235. The zero-order chi connectivity index (χ0) is 17.4. The molecule has 2 heterocycles. The van der Waals surface area contributed by atoms with Crippen LogP contribution in [0.25, 0.3) is 22.2 Å². The predicted octanol–water partition coefficient (Wildman–Crippen LogP) is 3.01. The lowest BCUT2D eigenvalue weighted by Gasteiger charge is -2.12. The van der Waals surface area contributed by atoms with E-state index in [1.165, 1.54) is 10.6 Å². The molecule has 0 saturated heterocycles. The summed E-state index contributed by atoms with van der Waals surface area (Å²) in [5.41, 5.74) is 0.901. The number of halogens is 2. The van der Waals surface area contributed by atoms with Gasteiger partial charge in [-0.05, 0) is 32.0 Å². The highest BCUT2D eigenvalue weighted by molar-refractivity contribution is 5.84. The van der Waals surface area contributed by atoms with Crippen molar-refractivity contribution < 1.29 is 8.78 Å². The zero-order valence-corrected chi connectivity index (χ0v) is 13.5. The molecule has 124 valence electrons. The first-order chi connectivity index (χ1) is 11.4. The summed E-state index contributed by atoms with van der Waals surface area (Å²) < 4.78 is 28.6. The summed E-state index contributed by atoms with van der Waals surface area (Å²) in [6.45, 7) is 4.36. The van der Waals surface area contributed by atoms with Crippen molar-refractivity contribution in [2.75, 3.05) is 11.9 Å². The van der Waals surface area contributed by atoms with Crippen molar-refractivity contribution in [1.29, 1.82) is 0 Å². The molecule has 3 rings (SSSR count). The molecule has 0 saturated carbocycles. The average Bonchev–Trinajstić information content (AvgIpc) is 2.52. The Morgan fingerprint density at radius 3 is 2.58 bits per heavy atom. The van der Waals surface area contributed by atoms with Gasteiger partial charge >= 0.3 is 0 Å². The Balaban J connectivity index is 2.32. The lowest BCUT2D eigenvalue weighted by Crippen LogP contribution is -2.21. The van der Waals surface area contributed by atoms with Crippen LogP contribution in [0, 0.1) is 18.6 Å². The number of nitrogens with one attached hydrogen (secondary N) is 1. The third-order valence-electron chi connectivity index (χ3n) is 3.81. The summed E-state index contributed by atoms with van der Waals surface area (Å²) in [4.78, 5) is 21.3. The fourth-order valence-corrected chi connectivity index (χ4v) is 2.61. The maximum Gasteiger partial charge on any atom is 0.259 e. The van der Waals surface area contributed by atoms with E-state index in [1.54, 1.807) is 20.0 Å². The summed E-state index contributed by atoms with van der Waals surface area (Å²) in [6.07, 6.45) is 0. The largest absolute Gasteiger partial charge is 0.354 e. The second-order valence-electron chi connectivity index (χ2n) is 5.45. The summed E-state index contributed by atoms with van der Waals surface area (Å²) in [6, 6.07) is 4.70. The first kappa shape index (κ1) is 16.0. The average molecular weight is 330 g/mol. The number of pyridine rings is 1. The van der Waals surface area contributed by atoms with Crippen LogP contribution in [0.5, 0.6) is 0 Å². The minimum atomic E-state index is -0.783. The minimum absolute atomic E-state index is 0.0501. The molecule has 5 nitrogen and oxygen atoms in total. The number of fused-ring (bicyclic) bond motifs is 1. The Morgan fingerprint density at radius 1 is 1.17 bits per heavy atom. The molecule has 0 bridgehead atoms. The number of nitrogens with zero attached hydrogens (tertiary/aromatic N) is 3. The van der Waals surface area contributed by atoms with Gasteiger partial charge in [0.25, 0.3) is 5.56 Å². The van der Waals surface area contributed by atoms with Crippen LogP contribution in [0.15, 0.2) is 29.1 Å². The molecule has 7 heteroatoms. The molecule has 0 aliphatic rings.